The van der Waals surface area contributed by atoms with E-state index in [4.69, 9.17) is 16.3 Å². The van der Waals surface area contributed by atoms with Gasteiger partial charge in [-0.2, -0.15) is 0 Å². The third kappa shape index (κ3) is 2.89. The van der Waals surface area contributed by atoms with E-state index in [1.807, 2.05) is 0 Å². The number of hydrogen-bond acceptors (Lipinski definition) is 3. The molecule has 0 saturated heterocycles. The van der Waals surface area contributed by atoms with Crippen LogP contribution >= 0.6 is 11.6 Å². The molecule has 6 heteroatoms. The molecule has 1 heterocycles. The first kappa shape index (κ1) is 17.4. The molecule has 1 unspecified atom stereocenters. The lowest BCUT2D eigenvalue weighted by atomic mass is 9.91. The van der Waals surface area contributed by atoms with Gasteiger partial charge in [-0.15, -0.1) is 0 Å². The highest BCUT2D eigenvalue weighted by Gasteiger charge is 2.54. The van der Waals surface area contributed by atoms with Gasteiger partial charge in [-0.25, -0.2) is 14.1 Å². The monoisotopic (exact) mass is 361 g/mol. The van der Waals surface area contributed by atoms with Crippen LogP contribution in [0.1, 0.15) is 31.9 Å². The zero-order valence-corrected chi connectivity index (χ0v) is 14.8. The minimum Gasteiger partial charge on any atom is -0.443 e. The van der Waals surface area contributed by atoms with Crippen LogP contribution in [-0.2, 0) is 14.4 Å². The number of amides is 2. The molecule has 0 radical (unpaired) electrons. The number of alkyl halides is 1. The molecule has 25 heavy (non-hydrogen) atoms. The van der Waals surface area contributed by atoms with E-state index in [1.54, 1.807) is 45.0 Å². The summed E-state index contributed by atoms with van der Waals surface area (Å²) in [5.41, 5.74) is 0.444. The summed E-state index contributed by atoms with van der Waals surface area (Å²) in [4.78, 5) is 25.0. The molecule has 0 aromatic heterocycles. The van der Waals surface area contributed by atoms with Crippen molar-refractivity contribution in [3.8, 4) is 0 Å². The molecule has 2 amide bonds. The highest BCUT2D eigenvalue weighted by molar-refractivity contribution is 6.44. The van der Waals surface area contributed by atoms with E-state index < -0.39 is 28.3 Å². The Hall–Kier alpha value is -2.40. The fourth-order valence-corrected chi connectivity index (χ4v) is 3.16. The Balaban J connectivity index is 2.12. The second-order valence-corrected chi connectivity index (χ2v) is 7.37. The number of para-hydroxylation sites is 1. The Morgan fingerprint density at radius 3 is 2.32 bits per heavy atom. The number of benzene rings is 2. The Bertz CT molecular complexity index is 844. The normalized spacial score (nSPS) is 19.7. The largest absolute Gasteiger partial charge is 0.443 e. The number of imide groups is 1. The fourth-order valence-electron chi connectivity index (χ4n) is 2.79. The third-order valence-electron chi connectivity index (χ3n) is 3.83. The van der Waals surface area contributed by atoms with Crippen LogP contribution in [0, 0.1) is 5.82 Å². The van der Waals surface area contributed by atoms with Crippen molar-refractivity contribution in [1.29, 1.82) is 0 Å². The molecule has 1 atom stereocenters. The summed E-state index contributed by atoms with van der Waals surface area (Å²) in [6.45, 7) is 5.14. The van der Waals surface area contributed by atoms with Gasteiger partial charge in [0.05, 0.1) is 5.69 Å². The predicted octanol–water partition coefficient (Wildman–Crippen LogP) is 4.59. The maximum absolute atomic E-state index is 13.3. The van der Waals surface area contributed by atoms with Gasteiger partial charge in [0.25, 0.3) is 5.91 Å². The number of carbonyl (C=O) groups is 2. The highest BCUT2D eigenvalue weighted by Crippen LogP contribution is 2.49. The Morgan fingerprint density at radius 2 is 1.72 bits per heavy atom. The smallest absolute Gasteiger partial charge is 0.421 e. The standard InChI is InChI=1S/C19H17ClFNO3/c1-18(2,3)25-17(24)22-15-7-5-4-6-14(15)19(20,16(22)23)12-8-10-13(21)11-9-12/h4-11H,1-3H3. The SMILES string of the molecule is CC(C)(C)OC(=O)N1C(=O)C(Cl)(c2ccc(F)cc2)c2ccccc21. The van der Waals surface area contributed by atoms with Crippen molar-refractivity contribution in [2.75, 3.05) is 4.90 Å². The number of rotatable bonds is 1. The summed E-state index contributed by atoms with van der Waals surface area (Å²) in [7, 11) is 0. The molecule has 2 aromatic rings. The average Bonchev–Trinajstić information content (AvgIpc) is 2.76. The van der Waals surface area contributed by atoms with Gasteiger partial charge >= 0.3 is 6.09 Å². The molecule has 3 rings (SSSR count). The number of fused-ring (bicyclic) bond motifs is 1. The van der Waals surface area contributed by atoms with Gasteiger partial charge in [-0.1, -0.05) is 41.9 Å². The zero-order valence-electron chi connectivity index (χ0n) is 14.0. The molecule has 0 fully saturated rings. The minimum atomic E-state index is -1.61. The second-order valence-electron chi connectivity index (χ2n) is 6.80. The van der Waals surface area contributed by atoms with E-state index in [1.165, 1.54) is 24.3 Å². The van der Waals surface area contributed by atoms with Gasteiger partial charge in [-0.3, -0.25) is 4.79 Å². The van der Waals surface area contributed by atoms with Gasteiger partial charge < -0.3 is 4.74 Å². The number of anilines is 1. The summed E-state index contributed by atoms with van der Waals surface area (Å²) in [5, 5.41) is 0. The third-order valence-corrected chi connectivity index (χ3v) is 4.42. The maximum Gasteiger partial charge on any atom is 0.421 e. The van der Waals surface area contributed by atoms with Crippen LogP contribution in [0.4, 0.5) is 14.9 Å². The Labute approximate surface area is 150 Å². The van der Waals surface area contributed by atoms with E-state index in [9.17, 15) is 14.0 Å². The van der Waals surface area contributed by atoms with Crippen molar-refractivity contribution in [2.45, 2.75) is 31.2 Å². The first-order chi connectivity index (χ1) is 11.6. The lowest BCUT2D eigenvalue weighted by Gasteiger charge is -2.25. The second kappa shape index (κ2) is 5.85. The van der Waals surface area contributed by atoms with Gasteiger partial charge in [0.1, 0.15) is 11.4 Å². The van der Waals surface area contributed by atoms with E-state index in [0.717, 1.165) is 4.90 Å². The number of ether oxygens (including phenoxy) is 1. The highest BCUT2D eigenvalue weighted by atomic mass is 35.5. The summed E-state index contributed by atoms with van der Waals surface area (Å²) in [5.74, 6) is -1.08. The van der Waals surface area contributed by atoms with Crippen molar-refractivity contribution in [3.05, 3.63) is 65.5 Å². The topological polar surface area (TPSA) is 46.6 Å². The molecule has 2 aromatic carbocycles. The molecule has 0 N–H and O–H groups in total. The van der Waals surface area contributed by atoms with Crippen LogP contribution in [0.25, 0.3) is 0 Å². The quantitative estimate of drug-likeness (QED) is 0.698. The van der Waals surface area contributed by atoms with Gasteiger partial charge in [0, 0.05) is 5.56 Å². The number of nitrogens with zero attached hydrogens (tertiary/aromatic N) is 1. The van der Waals surface area contributed by atoms with Gasteiger partial charge in [0.2, 0.25) is 0 Å². The van der Waals surface area contributed by atoms with Crippen molar-refractivity contribution in [2.24, 2.45) is 0 Å². The minimum absolute atomic E-state index is 0.362. The number of hydrogen-bond donors (Lipinski definition) is 0. The van der Waals surface area contributed by atoms with Crippen LogP contribution in [0.3, 0.4) is 0 Å². The predicted molar refractivity (Wildman–Crippen MR) is 93.2 cm³/mol. The van der Waals surface area contributed by atoms with Crippen LogP contribution in [0.5, 0.6) is 0 Å². The van der Waals surface area contributed by atoms with Gasteiger partial charge in [-0.05, 0) is 44.5 Å². The first-order valence-corrected chi connectivity index (χ1v) is 8.14. The Kier molecular flexibility index (Phi) is 4.07. The summed E-state index contributed by atoms with van der Waals surface area (Å²) in [6.07, 6.45) is -0.797. The van der Waals surface area contributed by atoms with E-state index in [-0.39, 0.29) is 0 Å². The molecule has 1 aliphatic rings. The molecular formula is C19H17ClFNO3. The van der Waals surface area contributed by atoms with Crippen LogP contribution in [0.15, 0.2) is 48.5 Å². The lowest BCUT2D eigenvalue weighted by Crippen LogP contribution is -2.43. The molecule has 4 nitrogen and oxygen atoms in total. The lowest BCUT2D eigenvalue weighted by molar-refractivity contribution is -0.119. The van der Waals surface area contributed by atoms with E-state index in [2.05, 4.69) is 0 Å². The first-order valence-electron chi connectivity index (χ1n) is 7.76. The summed E-state index contributed by atoms with van der Waals surface area (Å²) >= 11 is 6.72. The molecule has 0 aliphatic carbocycles. The van der Waals surface area contributed by atoms with E-state index >= 15 is 0 Å². The van der Waals surface area contributed by atoms with E-state index in [0.29, 0.717) is 16.8 Å². The maximum atomic E-state index is 13.3. The molecule has 130 valence electrons. The molecule has 0 saturated carbocycles. The summed E-state index contributed by atoms with van der Waals surface area (Å²) < 4.78 is 18.6. The van der Waals surface area contributed by atoms with Crippen LogP contribution < -0.4 is 4.90 Å². The van der Waals surface area contributed by atoms with Crippen LogP contribution in [-0.4, -0.2) is 17.6 Å². The van der Waals surface area contributed by atoms with Crippen molar-refractivity contribution >= 4 is 29.3 Å². The number of carbonyl (C=O) groups excluding carboxylic acids is 2. The van der Waals surface area contributed by atoms with Crippen LogP contribution in [0.2, 0.25) is 0 Å². The Morgan fingerprint density at radius 1 is 1.12 bits per heavy atom. The fraction of sp³-hybridized carbons (Fsp3) is 0.263. The molecule has 0 bridgehead atoms. The molecule has 0 spiro atoms. The average molecular weight is 362 g/mol. The molecule has 1 aliphatic heterocycles. The van der Waals surface area contributed by atoms with Crippen molar-refractivity contribution in [1.82, 2.24) is 0 Å². The van der Waals surface area contributed by atoms with Gasteiger partial charge in [0.15, 0.2) is 4.87 Å². The molecular weight excluding hydrogens is 345 g/mol. The van der Waals surface area contributed by atoms with Crippen molar-refractivity contribution < 1.29 is 18.7 Å². The van der Waals surface area contributed by atoms with Crippen molar-refractivity contribution in [3.63, 3.8) is 0 Å². The zero-order chi connectivity index (χ0) is 18.4. The summed E-state index contributed by atoms with van der Waals surface area (Å²) in [6, 6.07) is 12.1. The number of halogens is 2.